The third kappa shape index (κ3) is 5.82. The summed E-state index contributed by atoms with van der Waals surface area (Å²) in [5.74, 6) is -1.67. The van der Waals surface area contributed by atoms with E-state index in [4.69, 9.17) is 9.47 Å². The second kappa shape index (κ2) is 9.65. The molecule has 1 aliphatic rings. The van der Waals surface area contributed by atoms with Crippen molar-refractivity contribution in [2.45, 2.75) is 52.4 Å². The lowest BCUT2D eigenvalue weighted by Gasteiger charge is -2.28. The maximum absolute atomic E-state index is 13.8. The van der Waals surface area contributed by atoms with Gasteiger partial charge < -0.3 is 9.47 Å². The Morgan fingerprint density at radius 2 is 1.41 bits per heavy atom. The summed E-state index contributed by atoms with van der Waals surface area (Å²) in [6, 6.07) is 0. The van der Waals surface area contributed by atoms with Crippen LogP contribution in [-0.2, 0) is 9.47 Å². The molecular weight excluding hydrogens is 286 g/mol. The van der Waals surface area contributed by atoms with Crippen LogP contribution in [0.3, 0.4) is 0 Å². The molecule has 2 nitrogen and oxygen atoms in total. The highest BCUT2D eigenvalue weighted by molar-refractivity contribution is 5.29. The maximum Gasteiger partial charge on any atom is 0.203 e. The van der Waals surface area contributed by atoms with Crippen LogP contribution in [0.15, 0.2) is 36.3 Å². The second-order valence-corrected chi connectivity index (χ2v) is 5.89. The first kappa shape index (κ1) is 18.7. The number of rotatable bonds is 9. The first-order chi connectivity index (χ1) is 10.5. The number of ether oxygens (including phenoxy) is 2. The van der Waals surface area contributed by atoms with Crippen LogP contribution in [0, 0.1) is 11.8 Å². The summed E-state index contributed by atoms with van der Waals surface area (Å²) in [7, 11) is 0. The Hall–Kier alpha value is -1.32. The van der Waals surface area contributed by atoms with Gasteiger partial charge in [-0.2, -0.15) is 8.78 Å². The van der Waals surface area contributed by atoms with Gasteiger partial charge in [-0.1, -0.05) is 45.8 Å². The third-order valence-electron chi connectivity index (χ3n) is 4.16. The van der Waals surface area contributed by atoms with E-state index >= 15 is 0 Å². The topological polar surface area (TPSA) is 18.5 Å². The average molecular weight is 314 g/mol. The second-order valence-electron chi connectivity index (χ2n) is 5.89. The first-order valence-corrected chi connectivity index (χ1v) is 8.18. The van der Waals surface area contributed by atoms with Crippen molar-refractivity contribution >= 4 is 0 Å². The Labute approximate surface area is 132 Å². The summed E-state index contributed by atoms with van der Waals surface area (Å²) in [5.41, 5.74) is 0. The van der Waals surface area contributed by atoms with Crippen LogP contribution in [0.25, 0.3) is 0 Å². The van der Waals surface area contributed by atoms with E-state index in [0.717, 1.165) is 18.8 Å². The summed E-state index contributed by atoms with van der Waals surface area (Å²) < 4.78 is 37.7. The van der Waals surface area contributed by atoms with E-state index in [-0.39, 0.29) is 18.1 Å². The summed E-state index contributed by atoms with van der Waals surface area (Å²) in [6.45, 7) is 11.3. The van der Waals surface area contributed by atoms with E-state index in [2.05, 4.69) is 20.1 Å². The molecule has 126 valence electrons. The number of hydrogen-bond acceptors (Lipinski definition) is 2. The minimum Gasteiger partial charge on any atom is -0.491 e. The van der Waals surface area contributed by atoms with Gasteiger partial charge in [0, 0.05) is 0 Å². The summed E-state index contributed by atoms with van der Waals surface area (Å²) in [6.07, 6.45) is 7.06. The molecule has 0 unspecified atom stereocenters. The van der Waals surface area contributed by atoms with Gasteiger partial charge in [-0.05, 0) is 31.6 Å². The fourth-order valence-corrected chi connectivity index (χ4v) is 2.86. The molecule has 0 aliphatic heterocycles. The van der Waals surface area contributed by atoms with Crippen molar-refractivity contribution in [2.75, 3.05) is 13.2 Å². The molecule has 0 spiro atoms. The Balaban J connectivity index is 2.40. The predicted octanol–water partition coefficient (Wildman–Crippen LogP) is 5.82. The van der Waals surface area contributed by atoms with E-state index < -0.39 is 11.7 Å². The molecule has 0 aromatic rings. The fraction of sp³-hybridized carbons (Fsp3) is 0.667. The van der Waals surface area contributed by atoms with Crippen molar-refractivity contribution in [3.63, 3.8) is 0 Å². The molecule has 4 heteroatoms. The quantitative estimate of drug-likeness (QED) is 0.394. The van der Waals surface area contributed by atoms with Gasteiger partial charge in [0.1, 0.15) is 0 Å². The molecule has 1 saturated carbocycles. The van der Waals surface area contributed by atoms with Gasteiger partial charge in [0.05, 0.1) is 13.2 Å². The summed E-state index contributed by atoms with van der Waals surface area (Å²) in [5, 5.41) is 0. The molecule has 0 aromatic carbocycles. The van der Waals surface area contributed by atoms with E-state index in [9.17, 15) is 8.78 Å². The molecule has 0 saturated heterocycles. The molecule has 1 fully saturated rings. The van der Waals surface area contributed by atoms with Crippen molar-refractivity contribution in [1.29, 1.82) is 0 Å². The van der Waals surface area contributed by atoms with Gasteiger partial charge in [-0.15, -0.1) is 0 Å². The zero-order valence-corrected chi connectivity index (χ0v) is 13.8. The van der Waals surface area contributed by atoms with Gasteiger partial charge in [0.2, 0.25) is 11.7 Å². The number of allylic oxidation sites excluding steroid dienone is 2. The molecule has 0 radical (unpaired) electrons. The summed E-state index contributed by atoms with van der Waals surface area (Å²) in [4.78, 5) is 0. The molecular formula is C18H28F2O2. The average Bonchev–Trinajstić information content (AvgIpc) is 2.53. The minimum absolute atomic E-state index is 0.230. The molecule has 0 amide bonds. The highest BCUT2D eigenvalue weighted by Gasteiger charge is 2.22. The highest BCUT2D eigenvalue weighted by Crippen LogP contribution is 2.32. The van der Waals surface area contributed by atoms with Gasteiger partial charge >= 0.3 is 0 Å². The van der Waals surface area contributed by atoms with Crippen molar-refractivity contribution < 1.29 is 18.3 Å². The zero-order valence-electron chi connectivity index (χ0n) is 13.8. The van der Waals surface area contributed by atoms with Crippen molar-refractivity contribution in [3.05, 3.63) is 36.3 Å². The van der Waals surface area contributed by atoms with E-state index in [1.165, 1.54) is 25.7 Å². The van der Waals surface area contributed by atoms with Crippen LogP contribution >= 0.6 is 0 Å². The van der Waals surface area contributed by atoms with Crippen molar-refractivity contribution in [1.82, 2.24) is 0 Å². The smallest absolute Gasteiger partial charge is 0.203 e. The Kier molecular flexibility index (Phi) is 8.21. The maximum atomic E-state index is 13.8. The van der Waals surface area contributed by atoms with Crippen LogP contribution < -0.4 is 0 Å². The number of hydrogen-bond donors (Lipinski definition) is 0. The largest absolute Gasteiger partial charge is 0.491 e. The molecule has 1 aliphatic carbocycles. The van der Waals surface area contributed by atoms with Gasteiger partial charge in [0.25, 0.3) is 0 Å². The molecule has 22 heavy (non-hydrogen) atoms. The zero-order chi connectivity index (χ0) is 16.5. The lowest BCUT2D eigenvalue weighted by Crippen LogP contribution is -2.18. The Morgan fingerprint density at radius 3 is 1.91 bits per heavy atom. The SMILES string of the molecule is C=C(OCC)/C(F)=C(/F)C(=C)OCC1CCC(CCC)CC1. The third-order valence-corrected chi connectivity index (χ3v) is 4.16. The monoisotopic (exact) mass is 314 g/mol. The Bertz CT molecular complexity index is 407. The van der Waals surface area contributed by atoms with Crippen LogP contribution in [0.2, 0.25) is 0 Å². The predicted molar refractivity (Wildman–Crippen MR) is 85.5 cm³/mol. The van der Waals surface area contributed by atoms with Crippen LogP contribution in [0.1, 0.15) is 52.4 Å². The number of halogens is 2. The van der Waals surface area contributed by atoms with Crippen LogP contribution in [0.4, 0.5) is 8.78 Å². The van der Waals surface area contributed by atoms with Gasteiger partial charge in [0.15, 0.2) is 11.5 Å². The molecule has 0 aromatic heterocycles. The Morgan fingerprint density at radius 1 is 0.909 bits per heavy atom. The molecule has 1 rings (SSSR count). The normalized spacial score (nSPS) is 22.7. The van der Waals surface area contributed by atoms with Crippen molar-refractivity contribution in [3.8, 4) is 0 Å². The lowest BCUT2D eigenvalue weighted by atomic mass is 9.80. The van der Waals surface area contributed by atoms with E-state index in [1.807, 2.05) is 0 Å². The first-order valence-electron chi connectivity index (χ1n) is 8.18. The van der Waals surface area contributed by atoms with Crippen molar-refractivity contribution in [2.24, 2.45) is 11.8 Å². The highest BCUT2D eigenvalue weighted by atomic mass is 19.2. The molecule has 0 bridgehead atoms. The van der Waals surface area contributed by atoms with Crippen LogP contribution in [-0.4, -0.2) is 13.2 Å². The molecule has 0 heterocycles. The molecule has 0 N–H and O–H groups in total. The minimum atomic E-state index is -1.14. The fourth-order valence-electron chi connectivity index (χ4n) is 2.86. The lowest BCUT2D eigenvalue weighted by molar-refractivity contribution is 0.125. The van der Waals surface area contributed by atoms with Gasteiger partial charge in [-0.25, -0.2) is 0 Å². The van der Waals surface area contributed by atoms with E-state index in [1.54, 1.807) is 6.92 Å². The molecule has 0 atom stereocenters. The standard InChI is InChI=1S/C18H28F2O2/c1-5-7-15-8-10-16(11-9-15)12-22-14(4)18(20)17(19)13(3)21-6-2/h15-16H,3-12H2,1-2H3/b18-17-. The summed E-state index contributed by atoms with van der Waals surface area (Å²) >= 11 is 0. The van der Waals surface area contributed by atoms with Crippen LogP contribution in [0.5, 0.6) is 0 Å². The van der Waals surface area contributed by atoms with Gasteiger partial charge in [-0.3, -0.25) is 0 Å². The van der Waals surface area contributed by atoms with E-state index in [0.29, 0.717) is 12.5 Å².